The summed E-state index contributed by atoms with van der Waals surface area (Å²) in [5, 5.41) is 12.0. The molecule has 2 heterocycles. The molecule has 158 valence electrons. The minimum atomic E-state index is -0.826. The first-order valence-corrected chi connectivity index (χ1v) is 11.1. The predicted octanol–water partition coefficient (Wildman–Crippen LogP) is 5.88. The Morgan fingerprint density at radius 2 is 1.72 bits per heavy atom. The van der Waals surface area contributed by atoms with Gasteiger partial charge in [0.25, 0.3) is 5.78 Å². The van der Waals surface area contributed by atoms with Crippen LogP contribution in [-0.2, 0) is 9.59 Å². The number of carbonyl (C=O) groups excluding carboxylic acids is 2. The molecule has 5 nitrogen and oxygen atoms in total. The average molecular weight is 461 g/mol. The van der Waals surface area contributed by atoms with Crippen molar-refractivity contribution in [1.29, 1.82) is 0 Å². The zero-order valence-electron chi connectivity index (χ0n) is 16.9. The third-order valence-electron chi connectivity index (χ3n) is 5.49. The van der Waals surface area contributed by atoms with Crippen molar-refractivity contribution in [2.45, 2.75) is 13.0 Å². The highest BCUT2D eigenvalue weighted by Crippen LogP contribution is 2.44. The highest BCUT2D eigenvalue weighted by Gasteiger charge is 2.48. The summed E-state index contributed by atoms with van der Waals surface area (Å²) in [5.74, 6) is -1.69. The molecular weight excluding hydrogens is 444 g/mol. The number of fused-ring (bicyclic) bond motifs is 1. The summed E-state index contributed by atoms with van der Waals surface area (Å²) in [7, 11) is 0. The van der Waals surface area contributed by atoms with Crippen LogP contribution in [0.25, 0.3) is 16.0 Å². The third-order valence-corrected chi connectivity index (χ3v) is 6.76. The number of halogens is 1. The fraction of sp³-hybridized carbons (Fsp3) is 0.0800. The van der Waals surface area contributed by atoms with Crippen LogP contribution >= 0.6 is 22.9 Å². The van der Waals surface area contributed by atoms with Gasteiger partial charge in [-0.15, -0.1) is 0 Å². The molecule has 1 amide bonds. The van der Waals surface area contributed by atoms with Crippen LogP contribution in [0.15, 0.2) is 78.4 Å². The molecule has 1 fully saturated rings. The van der Waals surface area contributed by atoms with Gasteiger partial charge in [-0.1, -0.05) is 77.5 Å². The van der Waals surface area contributed by atoms with E-state index in [1.807, 2.05) is 31.2 Å². The smallest absolute Gasteiger partial charge is 0.301 e. The van der Waals surface area contributed by atoms with Crippen LogP contribution < -0.4 is 4.90 Å². The Hall–Kier alpha value is -3.48. The number of nitrogens with zero attached hydrogens (tertiary/aromatic N) is 2. The molecule has 0 radical (unpaired) electrons. The van der Waals surface area contributed by atoms with Crippen molar-refractivity contribution in [3.63, 3.8) is 0 Å². The lowest BCUT2D eigenvalue weighted by Gasteiger charge is -2.23. The summed E-state index contributed by atoms with van der Waals surface area (Å²) in [6.07, 6.45) is 0. The molecule has 7 heteroatoms. The van der Waals surface area contributed by atoms with E-state index in [2.05, 4.69) is 4.98 Å². The van der Waals surface area contributed by atoms with Crippen LogP contribution in [-0.4, -0.2) is 21.8 Å². The predicted molar refractivity (Wildman–Crippen MR) is 127 cm³/mol. The molecule has 1 saturated heterocycles. The maximum Gasteiger partial charge on any atom is 0.301 e. The Labute approximate surface area is 193 Å². The van der Waals surface area contributed by atoms with E-state index in [0.29, 0.717) is 21.3 Å². The summed E-state index contributed by atoms with van der Waals surface area (Å²) in [6, 6.07) is 20.6. The Morgan fingerprint density at radius 3 is 2.41 bits per heavy atom. The molecule has 1 aliphatic heterocycles. The number of thiazole rings is 1. The van der Waals surface area contributed by atoms with Crippen LogP contribution in [0.2, 0.25) is 5.02 Å². The summed E-state index contributed by atoms with van der Waals surface area (Å²) in [5.41, 5.74) is 2.91. The molecule has 3 aromatic carbocycles. The highest BCUT2D eigenvalue weighted by atomic mass is 35.5. The lowest BCUT2D eigenvalue weighted by atomic mass is 9.95. The van der Waals surface area contributed by atoms with E-state index in [4.69, 9.17) is 11.6 Å². The third kappa shape index (κ3) is 3.28. The van der Waals surface area contributed by atoms with Crippen LogP contribution in [0.1, 0.15) is 22.7 Å². The number of aliphatic hydroxyl groups is 1. The summed E-state index contributed by atoms with van der Waals surface area (Å²) >= 11 is 7.41. The number of anilines is 1. The fourth-order valence-electron chi connectivity index (χ4n) is 3.92. The number of aliphatic hydroxyl groups excluding tert-OH is 1. The van der Waals surface area contributed by atoms with Crippen LogP contribution in [0.4, 0.5) is 5.13 Å². The normalized spacial score (nSPS) is 17.9. The van der Waals surface area contributed by atoms with Gasteiger partial charge in [-0.3, -0.25) is 14.5 Å². The van der Waals surface area contributed by atoms with Gasteiger partial charge in [-0.25, -0.2) is 4.98 Å². The van der Waals surface area contributed by atoms with Crippen molar-refractivity contribution in [2.24, 2.45) is 0 Å². The lowest BCUT2D eigenvalue weighted by Crippen LogP contribution is -2.29. The number of aryl methyl sites for hydroxylation is 1. The maximum atomic E-state index is 13.2. The molecule has 0 spiro atoms. The van der Waals surface area contributed by atoms with E-state index in [1.165, 1.54) is 16.2 Å². The second kappa shape index (κ2) is 7.89. The molecule has 0 saturated carbocycles. The van der Waals surface area contributed by atoms with Gasteiger partial charge < -0.3 is 5.11 Å². The molecule has 1 atom stereocenters. The Kier molecular flexibility index (Phi) is 5.04. The summed E-state index contributed by atoms with van der Waals surface area (Å²) in [6.45, 7) is 1.95. The molecule has 1 aromatic heterocycles. The molecule has 5 rings (SSSR count). The monoisotopic (exact) mass is 460 g/mol. The van der Waals surface area contributed by atoms with Gasteiger partial charge >= 0.3 is 5.91 Å². The molecular formula is C25H17ClN2O3S. The summed E-state index contributed by atoms with van der Waals surface area (Å²) < 4.78 is 0.916. The molecule has 32 heavy (non-hydrogen) atoms. The van der Waals surface area contributed by atoms with E-state index in [0.717, 1.165) is 15.8 Å². The van der Waals surface area contributed by atoms with Gasteiger partial charge in [0.05, 0.1) is 21.8 Å². The first-order valence-electron chi connectivity index (χ1n) is 9.94. The van der Waals surface area contributed by atoms with Crippen molar-refractivity contribution < 1.29 is 14.7 Å². The van der Waals surface area contributed by atoms with Gasteiger partial charge in [0.1, 0.15) is 5.76 Å². The second-order valence-corrected chi connectivity index (χ2v) is 8.95. The molecule has 1 unspecified atom stereocenters. The zero-order valence-corrected chi connectivity index (χ0v) is 18.5. The quantitative estimate of drug-likeness (QED) is 0.235. The Balaban J connectivity index is 1.75. The molecule has 1 aliphatic rings. The number of para-hydroxylation sites is 1. The topological polar surface area (TPSA) is 70.5 Å². The number of carbonyl (C=O) groups is 2. The van der Waals surface area contributed by atoms with E-state index in [9.17, 15) is 14.7 Å². The molecule has 1 N–H and O–H groups in total. The first kappa shape index (κ1) is 20.4. The minimum absolute atomic E-state index is 0.0273. The highest BCUT2D eigenvalue weighted by molar-refractivity contribution is 7.22. The van der Waals surface area contributed by atoms with Crippen LogP contribution in [0, 0.1) is 6.92 Å². The Bertz CT molecular complexity index is 1390. The van der Waals surface area contributed by atoms with Crippen molar-refractivity contribution in [3.8, 4) is 0 Å². The number of amides is 1. The number of Topliss-reactive ketones (excluding diaryl/α,β-unsaturated/α-hetero) is 1. The zero-order chi connectivity index (χ0) is 22.4. The van der Waals surface area contributed by atoms with Crippen LogP contribution in [0.3, 0.4) is 0 Å². The fourth-order valence-corrected chi connectivity index (χ4v) is 5.12. The number of hydrogen-bond donors (Lipinski definition) is 1. The lowest BCUT2D eigenvalue weighted by molar-refractivity contribution is -0.132. The van der Waals surface area contributed by atoms with Crippen molar-refractivity contribution in [2.75, 3.05) is 4.90 Å². The SMILES string of the molecule is Cc1cccc2sc(N3C(=O)C(=O)C(=C(O)c4ccccc4)C3c3ccc(Cl)cc3)nc12. The van der Waals surface area contributed by atoms with Crippen LogP contribution in [0.5, 0.6) is 0 Å². The number of aromatic nitrogens is 1. The summed E-state index contributed by atoms with van der Waals surface area (Å²) in [4.78, 5) is 32.5. The van der Waals surface area contributed by atoms with E-state index in [1.54, 1.807) is 48.5 Å². The van der Waals surface area contributed by atoms with E-state index < -0.39 is 17.7 Å². The van der Waals surface area contributed by atoms with Gasteiger partial charge in [0.15, 0.2) is 5.13 Å². The minimum Gasteiger partial charge on any atom is -0.507 e. The first-order chi connectivity index (χ1) is 15.5. The van der Waals surface area contributed by atoms with Gasteiger partial charge in [0, 0.05) is 10.6 Å². The largest absolute Gasteiger partial charge is 0.507 e. The molecule has 0 aliphatic carbocycles. The number of rotatable bonds is 3. The average Bonchev–Trinajstić information content (AvgIpc) is 3.34. The Morgan fingerprint density at radius 1 is 1.00 bits per heavy atom. The van der Waals surface area contributed by atoms with E-state index >= 15 is 0 Å². The number of hydrogen-bond acceptors (Lipinski definition) is 5. The van der Waals surface area contributed by atoms with Gasteiger partial charge in [-0.05, 0) is 36.2 Å². The number of ketones is 1. The van der Waals surface area contributed by atoms with Gasteiger partial charge in [0.2, 0.25) is 0 Å². The maximum absolute atomic E-state index is 13.2. The van der Waals surface area contributed by atoms with E-state index in [-0.39, 0.29) is 11.3 Å². The van der Waals surface area contributed by atoms with Crippen molar-refractivity contribution in [3.05, 3.63) is 100 Å². The van der Waals surface area contributed by atoms with Crippen molar-refractivity contribution in [1.82, 2.24) is 4.98 Å². The van der Waals surface area contributed by atoms with Gasteiger partial charge in [-0.2, -0.15) is 0 Å². The van der Waals surface area contributed by atoms with Crippen molar-refractivity contribution >= 4 is 55.7 Å². The second-order valence-electron chi connectivity index (χ2n) is 7.50. The molecule has 0 bridgehead atoms. The molecule has 4 aromatic rings. The standard InChI is InChI=1S/C25H17ClN2O3S/c1-14-6-5-9-18-20(14)27-25(32-18)28-21(15-10-12-17(26)13-11-15)19(23(30)24(28)31)22(29)16-7-3-2-4-8-16/h2-13,21,29H,1H3. The number of benzene rings is 3.